The molecule has 0 radical (unpaired) electrons. The molecule has 0 aromatic rings. The Morgan fingerprint density at radius 3 is 2.65 bits per heavy atom. The van der Waals surface area contributed by atoms with Crippen molar-refractivity contribution < 1.29 is 0 Å². The van der Waals surface area contributed by atoms with E-state index in [2.05, 4.69) is 43.0 Å². The first-order valence-electron chi connectivity index (χ1n) is 6.75. The van der Waals surface area contributed by atoms with Gasteiger partial charge in [-0.15, -0.1) is 0 Å². The average molecular weight is 255 g/mol. The SMILES string of the molecule is CC(C)C1CN=C(NCC(C)N(C)C2CC2)S1. The van der Waals surface area contributed by atoms with Crippen LogP contribution in [0.1, 0.15) is 33.6 Å². The summed E-state index contributed by atoms with van der Waals surface area (Å²) in [6.45, 7) is 8.85. The van der Waals surface area contributed by atoms with Gasteiger partial charge in [-0.1, -0.05) is 25.6 Å². The predicted molar refractivity (Wildman–Crippen MR) is 76.8 cm³/mol. The zero-order chi connectivity index (χ0) is 12.4. The lowest BCUT2D eigenvalue weighted by molar-refractivity contribution is 0.248. The summed E-state index contributed by atoms with van der Waals surface area (Å²) in [4.78, 5) is 7.07. The third kappa shape index (κ3) is 3.62. The van der Waals surface area contributed by atoms with Crippen LogP contribution in [0.4, 0.5) is 0 Å². The molecule has 3 nitrogen and oxygen atoms in total. The molecule has 0 amide bonds. The normalized spacial score (nSPS) is 26.5. The summed E-state index contributed by atoms with van der Waals surface area (Å²) in [6.07, 6.45) is 2.76. The molecule has 0 saturated heterocycles. The molecule has 98 valence electrons. The van der Waals surface area contributed by atoms with Gasteiger partial charge in [0.05, 0.1) is 6.54 Å². The maximum absolute atomic E-state index is 4.58. The molecule has 2 unspecified atom stereocenters. The molecule has 0 aromatic carbocycles. The first kappa shape index (κ1) is 13.2. The van der Waals surface area contributed by atoms with Gasteiger partial charge in [-0.3, -0.25) is 9.89 Å². The Labute approximate surface area is 109 Å². The molecule has 1 aliphatic carbocycles. The molecule has 0 spiro atoms. The van der Waals surface area contributed by atoms with Gasteiger partial charge in [0.15, 0.2) is 5.17 Å². The van der Waals surface area contributed by atoms with E-state index in [9.17, 15) is 0 Å². The van der Waals surface area contributed by atoms with Crippen molar-refractivity contribution in [3.63, 3.8) is 0 Å². The van der Waals surface area contributed by atoms with Gasteiger partial charge in [-0.2, -0.15) is 0 Å². The van der Waals surface area contributed by atoms with Gasteiger partial charge in [0.2, 0.25) is 0 Å². The standard InChI is InChI=1S/C13H25N3S/c1-9(2)12-8-15-13(17-12)14-7-10(3)16(4)11-5-6-11/h9-12H,5-8H2,1-4H3,(H,14,15). The van der Waals surface area contributed by atoms with Crippen LogP contribution < -0.4 is 5.32 Å². The Morgan fingerprint density at radius 2 is 2.12 bits per heavy atom. The number of thioether (sulfide) groups is 1. The van der Waals surface area contributed by atoms with Crippen LogP contribution in [0.2, 0.25) is 0 Å². The van der Waals surface area contributed by atoms with Crippen molar-refractivity contribution in [2.75, 3.05) is 20.1 Å². The lowest BCUT2D eigenvalue weighted by Gasteiger charge is -2.25. The largest absolute Gasteiger partial charge is 0.363 e. The summed E-state index contributed by atoms with van der Waals surface area (Å²) in [7, 11) is 2.24. The number of hydrogen-bond acceptors (Lipinski definition) is 4. The second-order valence-corrected chi connectivity index (χ2v) is 6.90. The molecule has 0 aromatic heterocycles. The molecular weight excluding hydrogens is 230 g/mol. The third-order valence-corrected chi connectivity index (χ3v) is 5.28. The Hall–Kier alpha value is -0.220. The summed E-state index contributed by atoms with van der Waals surface area (Å²) in [6, 6.07) is 1.44. The van der Waals surface area contributed by atoms with Crippen molar-refractivity contribution in [1.29, 1.82) is 0 Å². The van der Waals surface area contributed by atoms with E-state index in [1.54, 1.807) is 0 Å². The van der Waals surface area contributed by atoms with Gasteiger partial charge in [-0.05, 0) is 32.7 Å². The number of rotatable bonds is 5. The molecular formula is C13H25N3S. The minimum Gasteiger partial charge on any atom is -0.363 e. The van der Waals surface area contributed by atoms with Crippen molar-refractivity contribution in [2.24, 2.45) is 10.9 Å². The van der Waals surface area contributed by atoms with Crippen LogP contribution in [0.25, 0.3) is 0 Å². The number of nitrogens with one attached hydrogen (secondary N) is 1. The van der Waals surface area contributed by atoms with Crippen LogP contribution in [0.5, 0.6) is 0 Å². The average Bonchev–Trinajstić information content (AvgIpc) is 3.03. The topological polar surface area (TPSA) is 27.6 Å². The summed E-state index contributed by atoms with van der Waals surface area (Å²) in [5.41, 5.74) is 0. The summed E-state index contributed by atoms with van der Waals surface area (Å²) < 4.78 is 0. The van der Waals surface area contributed by atoms with Gasteiger partial charge in [0.25, 0.3) is 0 Å². The fourth-order valence-electron chi connectivity index (χ4n) is 2.06. The van der Waals surface area contributed by atoms with Crippen molar-refractivity contribution in [3.8, 4) is 0 Å². The van der Waals surface area contributed by atoms with Crippen LogP contribution in [-0.4, -0.2) is 47.5 Å². The zero-order valence-corrected chi connectivity index (χ0v) is 12.3. The fourth-order valence-corrected chi connectivity index (χ4v) is 3.08. The third-order valence-electron chi connectivity index (χ3n) is 3.79. The second-order valence-electron chi connectivity index (χ2n) is 5.67. The smallest absolute Gasteiger partial charge is 0.156 e. The Kier molecular flexibility index (Phi) is 4.36. The van der Waals surface area contributed by atoms with Crippen LogP contribution in [0.15, 0.2) is 4.99 Å². The lowest BCUT2D eigenvalue weighted by Crippen LogP contribution is -2.40. The maximum atomic E-state index is 4.58. The number of amidine groups is 1. The van der Waals surface area contributed by atoms with Gasteiger partial charge >= 0.3 is 0 Å². The van der Waals surface area contributed by atoms with E-state index < -0.39 is 0 Å². The molecule has 1 aliphatic heterocycles. The molecule has 2 rings (SSSR count). The highest BCUT2D eigenvalue weighted by molar-refractivity contribution is 8.14. The van der Waals surface area contributed by atoms with E-state index in [0.29, 0.717) is 11.3 Å². The number of hydrogen-bond donors (Lipinski definition) is 1. The fraction of sp³-hybridized carbons (Fsp3) is 0.923. The van der Waals surface area contributed by atoms with Gasteiger partial charge in [-0.25, -0.2) is 0 Å². The summed E-state index contributed by atoms with van der Waals surface area (Å²) in [5, 5.41) is 5.33. The molecule has 4 heteroatoms. The first-order chi connectivity index (χ1) is 8.08. The van der Waals surface area contributed by atoms with Crippen LogP contribution in [0.3, 0.4) is 0 Å². The maximum Gasteiger partial charge on any atom is 0.156 e. The molecule has 2 atom stereocenters. The minimum atomic E-state index is 0.601. The Morgan fingerprint density at radius 1 is 1.41 bits per heavy atom. The monoisotopic (exact) mass is 255 g/mol. The van der Waals surface area contributed by atoms with E-state index in [4.69, 9.17) is 0 Å². The van der Waals surface area contributed by atoms with E-state index >= 15 is 0 Å². The predicted octanol–water partition coefficient (Wildman–Crippen LogP) is 2.19. The molecule has 1 N–H and O–H groups in total. The number of nitrogens with zero attached hydrogens (tertiary/aromatic N) is 2. The molecule has 0 bridgehead atoms. The van der Waals surface area contributed by atoms with E-state index in [-0.39, 0.29) is 0 Å². The highest BCUT2D eigenvalue weighted by Crippen LogP contribution is 2.28. The van der Waals surface area contributed by atoms with Gasteiger partial charge in [0.1, 0.15) is 0 Å². The van der Waals surface area contributed by atoms with Gasteiger partial charge in [0, 0.05) is 23.9 Å². The van der Waals surface area contributed by atoms with Gasteiger partial charge < -0.3 is 5.32 Å². The summed E-state index contributed by atoms with van der Waals surface area (Å²) in [5.74, 6) is 0.717. The second kappa shape index (κ2) is 5.61. The molecule has 17 heavy (non-hydrogen) atoms. The van der Waals surface area contributed by atoms with Crippen LogP contribution >= 0.6 is 11.8 Å². The van der Waals surface area contributed by atoms with Crippen molar-refractivity contribution in [1.82, 2.24) is 10.2 Å². The van der Waals surface area contributed by atoms with E-state index in [1.807, 2.05) is 11.8 Å². The molecule has 1 heterocycles. The lowest BCUT2D eigenvalue weighted by atomic mass is 10.1. The van der Waals surface area contributed by atoms with Crippen LogP contribution in [0, 0.1) is 5.92 Å². The molecule has 1 fully saturated rings. The number of likely N-dealkylation sites (N-methyl/N-ethyl adjacent to an activating group) is 1. The zero-order valence-electron chi connectivity index (χ0n) is 11.4. The highest BCUT2D eigenvalue weighted by Gasteiger charge is 2.29. The van der Waals surface area contributed by atoms with Crippen LogP contribution in [-0.2, 0) is 0 Å². The molecule has 2 aliphatic rings. The molecule has 1 saturated carbocycles. The van der Waals surface area contributed by atoms with E-state index in [0.717, 1.165) is 30.2 Å². The number of aliphatic imine (C=N–C) groups is 1. The Bertz CT molecular complexity index is 286. The Balaban J connectivity index is 1.68. The first-order valence-corrected chi connectivity index (χ1v) is 7.62. The highest BCUT2D eigenvalue weighted by atomic mass is 32.2. The van der Waals surface area contributed by atoms with E-state index in [1.165, 1.54) is 12.8 Å². The minimum absolute atomic E-state index is 0.601. The summed E-state index contributed by atoms with van der Waals surface area (Å²) >= 11 is 1.92. The van der Waals surface area contributed by atoms with Crippen molar-refractivity contribution in [2.45, 2.75) is 50.9 Å². The van der Waals surface area contributed by atoms with Crippen molar-refractivity contribution in [3.05, 3.63) is 0 Å². The van der Waals surface area contributed by atoms with Crippen molar-refractivity contribution >= 4 is 16.9 Å². The quantitative estimate of drug-likeness (QED) is 0.816.